The molecule has 0 spiro atoms. The Morgan fingerprint density at radius 2 is 2.07 bits per heavy atom. The van der Waals surface area contributed by atoms with Gasteiger partial charge in [-0.1, -0.05) is 6.08 Å². The summed E-state index contributed by atoms with van der Waals surface area (Å²) in [5.41, 5.74) is 0. The Morgan fingerprint density at radius 3 is 2.47 bits per heavy atom. The van der Waals surface area contributed by atoms with Gasteiger partial charge in [-0.3, -0.25) is 9.59 Å². The normalized spacial score (nSPS) is 28.3. The van der Waals surface area contributed by atoms with E-state index < -0.39 is 11.9 Å². The monoisotopic (exact) mass is 209 g/mol. The van der Waals surface area contributed by atoms with Crippen molar-refractivity contribution in [2.24, 2.45) is 11.8 Å². The minimum Gasteiger partial charge on any atom is -0.481 e. The van der Waals surface area contributed by atoms with Gasteiger partial charge in [0.1, 0.15) is 0 Å². The third kappa shape index (κ3) is 2.03. The second-order valence-corrected chi connectivity index (χ2v) is 4.30. The summed E-state index contributed by atoms with van der Waals surface area (Å²) in [7, 11) is 0. The molecule has 0 aromatic rings. The number of carboxylic acids is 1. The van der Waals surface area contributed by atoms with Gasteiger partial charge in [0.15, 0.2) is 0 Å². The number of nitrogens with zero attached hydrogens (tertiary/aromatic N) is 1. The molecular formula is C11H15NO3. The number of hydrogen-bond donors (Lipinski definition) is 1. The van der Waals surface area contributed by atoms with E-state index in [-0.39, 0.29) is 11.8 Å². The lowest BCUT2D eigenvalue weighted by atomic mass is 10.2. The van der Waals surface area contributed by atoms with Gasteiger partial charge in [-0.15, -0.1) is 6.58 Å². The van der Waals surface area contributed by atoms with Gasteiger partial charge in [-0.05, 0) is 19.3 Å². The molecule has 15 heavy (non-hydrogen) atoms. The maximum atomic E-state index is 11.9. The van der Waals surface area contributed by atoms with Crippen LogP contribution in [0.3, 0.4) is 0 Å². The maximum Gasteiger partial charge on any atom is 0.307 e. The van der Waals surface area contributed by atoms with Gasteiger partial charge in [0.25, 0.3) is 0 Å². The van der Waals surface area contributed by atoms with Crippen molar-refractivity contribution in [3.05, 3.63) is 12.7 Å². The second-order valence-electron chi connectivity index (χ2n) is 4.30. The first-order valence-electron chi connectivity index (χ1n) is 5.29. The molecule has 0 aromatic heterocycles. The van der Waals surface area contributed by atoms with Gasteiger partial charge < -0.3 is 10.0 Å². The van der Waals surface area contributed by atoms with E-state index in [1.807, 2.05) is 0 Å². The zero-order chi connectivity index (χ0) is 11.0. The van der Waals surface area contributed by atoms with Crippen LogP contribution in [0.5, 0.6) is 0 Å². The van der Waals surface area contributed by atoms with Crippen LogP contribution < -0.4 is 0 Å². The molecule has 2 aliphatic rings. The van der Waals surface area contributed by atoms with Crippen LogP contribution in [0.1, 0.15) is 19.3 Å². The van der Waals surface area contributed by atoms with E-state index in [0.29, 0.717) is 19.0 Å². The van der Waals surface area contributed by atoms with E-state index >= 15 is 0 Å². The summed E-state index contributed by atoms with van der Waals surface area (Å²) in [5.74, 6) is -1.56. The van der Waals surface area contributed by atoms with Crippen LogP contribution in [0.15, 0.2) is 12.7 Å². The molecule has 0 heterocycles. The molecule has 2 aliphatic carbocycles. The number of aliphatic carboxylic acids is 1. The van der Waals surface area contributed by atoms with E-state index in [2.05, 4.69) is 6.58 Å². The van der Waals surface area contributed by atoms with Crippen molar-refractivity contribution in [3.63, 3.8) is 0 Å². The van der Waals surface area contributed by atoms with E-state index in [4.69, 9.17) is 5.11 Å². The molecule has 2 saturated carbocycles. The topological polar surface area (TPSA) is 57.6 Å². The summed E-state index contributed by atoms with van der Waals surface area (Å²) in [5, 5.41) is 8.75. The van der Waals surface area contributed by atoms with Crippen molar-refractivity contribution in [3.8, 4) is 0 Å². The van der Waals surface area contributed by atoms with E-state index in [1.165, 1.54) is 0 Å². The highest BCUT2D eigenvalue weighted by molar-refractivity contribution is 5.89. The Morgan fingerprint density at radius 1 is 1.40 bits per heavy atom. The van der Waals surface area contributed by atoms with E-state index in [9.17, 15) is 9.59 Å². The Kier molecular flexibility index (Phi) is 2.50. The summed E-state index contributed by atoms with van der Waals surface area (Å²) in [4.78, 5) is 24.3. The standard InChI is InChI=1S/C11H15NO3/c1-2-5-12(7-3-4-7)10(13)8-6-9(8)11(14)15/h2,7-9H,1,3-6H2,(H,14,15). The number of carbonyl (C=O) groups excluding carboxylic acids is 1. The molecule has 0 bridgehead atoms. The van der Waals surface area contributed by atoms with Gasteiger partial charge in [0.05, 0.1) is 11.8 Å². The molecule has 4 heteroatoms. The average Bonchev–Trinajstić information content (AvgIpc) is 3.03. The molecule has 1 N–H and O–H groups in total. The molecule has 2 fully saturated rings. The predicted molar refractivity (Wildman–Crippen MR) is 54.2 cm³/mol. The lowest BCUT2D eigenvalue weighted by molar-refractivity contribution is -0.142. The zero-order valence-electron chi connectivity index (χ0n) is 8.56. The Hall–Kier alpha value is -1.32. The molecule has 2 rings (SSSR count). The van der Waals surface area contributed by atoms with Crippen LogP contribution in [-0.4, -0.2) is 34.5 Å². The Balaban J connectivity index is 1.94. The van der Waals surface area contributed by atoms with Crippen LogP contribution in [0, 0.1) is 11.8 Å². The number of rotatable bonds is 5. The van der Waals surface area contributed by atoms with Crippen molar-refractivity contribution in [2.75, 3.05) is 6.54 Å². The number of amides is 1. The summed E-state index contributed by atoms with van der Waals surface area (Å²) in [6.45, 7) is 4.16. The lowest BCUT2D eigenvalue weighted by Gasteiger charge is -2.20. The highest BCUT2D eigenvalue weighted by Gasteiger charge is 2.51. The first-order chi connectivity index (χ1) is 7.15. The molecule has 2 atom stereocenters. The fourth-order valence-corrected chi connectivity index (χ4v) is 1.90. The maximum absolute atomic E-state index is 11.9. The lowest BCUT2D eigenvalue weighted by Crippen LogP contribution is -2.35. The van der Waals surface area contributed by atoms with Gasteiger partial charge in [0.2, 0.25) is 5.91 Å². The summed E-state index contributed by atoms with van der Waals surface area (Å²) < 4.78 is 0. The van der Waals surface area contributed by atoms with Crippen LogP contribution in [0.25, 0.3) is 0 Å². The third-order valence-electron chi connectivity index (χ3n) is 3.02. The van der Waals surface area contributed by atoms with Crippen LogP contribution in [0.2, 0.25) is 0 Å². The van der Waals surface area contributed by atoms with E-state index in [0.717, 1.165) is 12.8 Å². The van der Waals surface area contributed by atoms with Crippen LogP contribution >= 0.6 is 0 Å². The Labute approximate surface area is 88.6 Å². The molecule has 82 valence electrons. The summed E-state index contributed by atoms with van der Waals surface area (Å²) in [6, 6.07) is 0.338. The van der Waals surface area contributed by atoms with Gasteiger partial charge in [0, 0.05) is 12.6 Å². The molecule has 0 saturated heterocycles. The number of carbonyl (C=O) groups is 2. The van der Waals surface area contributed by atoms with Crippen LogP contribution in [0.4, 0.5) is 0 Å². The smallest absolute Gasteiger partial charge is 0.307 e. The van der Waals surface area contributed by atoms with E-state index in [1.54, 1.807) is 11.0 Å². The first kappa shape index (κ1) is 10.2. The van der Waals surface area contributed by atoms with Crippen LogP contribution in [-0.2, 0) is 9.59 Å². The predicted octanol–water partition coefficient (Wildman–Crippen LogP) is 0.884. The fourth-order valence-electron chi connectivity index (χ4n) is 1.90. The van der Waals surface area contributed by atoms with Crippen molar-refractivity contribution < 1.29 is 14.7 Å². The molecular weight excluding hydrogens is 194 g/mol. The van der Waals surface area contributed by atoms with Crippen molar-refractivity contribution >= 4 is 11.9 Å². The molecule has 0 aromatic carbocycles. The Bertz CT molecular complexity index is 309. The van der Waals surface area contributed by atoms with Gasteiger partial charge in [-0.25, -0.2) is 0 Å². The molecule has 4 nitrogen and oxygen atoms in total. The van der Waals surface area contributed by atoms with Crippen molar-refractivity contribution in [1.82, 2.24) is 4.90 Å². The van der Waals surface area contributed by atoms with Crippen molar-refractivity contribution in [2.45, 2.75) is 25.3 Å². The highest BCUT2D eigenvalue weighted by atomic mass is 16.4. The summed E-state index contributed by atoms with van der Waals surface area (Å²) >= 11 is 0. The number of carboxylic acid groups (broad SMARTS) is 1. The highest BCUT2D eigenvalue weighted by Crippen LogP contribution is 2.42. The fraction of sp³-hybridized carbons (Fsp3) is 0.636. The third-order valence-corrected chi connectivity index (χ3v) is 3.02. The van der Waals surface area contributed by atoms with Crippen molar-refractivity contribution in [1.29, 1.82) is 0 Å². The second kappa shape index (κ2) is 3.68. The SMILES string of the molecule is C=CCN(C(=O)C1CC1C(=O)O)C1CC1. The quantitative estimate of drug-likeness (QED) is 0.684. The minimum absolute atomic E-state index is 0.00444. The minimum atomic E-state index is -0.845. The largest absolute Gasteiger partial charge is 0.481 e. The molecule has 1 amide bonds. The zero-order valence-corrected chi connectivity index (χ0v) is 8.56. The summed E-state index contributed by atoms with van der Waals surface area (Å²) in [6.07, 6.45) is 4.30. The van der Waals surface area contributed by atoms with Gasteiger partial charge >= 0.3 is 5.97 Å². The first-order valence-corrected chi connectivity index (χ1v) is 5.29. The van der Waals surface area contributed by atoms with Gasteiger partial charge in [-0.2, -0.15) is 0 Å². The molecule has 2 unspecified atom stereocenters. The number of hydrogen-bond acceptors (Lipinski definition) is 2. The molecule has 0 aliphatic heterocycles. The average molecular weight is 209 g/mol. The molecule has 0 radical (unpaired) electrons.